The van der Waals surface area contributed by atoms with Crippen molar-refractivity contribution in [3.8, 4) is 0 Å². The predicted molar refractivity (Wildman–Crippen MR) is 70.2 cm³/mol. The number of esters is 1. The molecule has 1 heterocycles. The van der Waals surface area contributed by atoms with E-state index in [1.54, 1.807) is 0 Å². The Balaban J connectivity index is 2.92. The van der Waals surface area contributed by atoms with Gasteiger partial charge in [-0.25, -0.2) is 4.79 Å². The number of fused-ring (bicyclic) bond motifs is 1. The Hall–Kier alpha value is -2.70. The minimum Gasteiger partial charge on any atom is -0.805 e. The standard InChI is InChI=1S/C13H12N2O5/c1-7-12(8(2)16)15(19)11-6-9(13(17)20-3)4-5-10(11)14(7)18/h4-6H,1-3H3. The molecule has 0 aliphatic carbocycles. The third kappa shape index (κ3) is 1.93. The van der Waals surface area contributed by atoms with Crippen LogP contribution in [-0.4, -0.2) is 23.6 Å². The number of hydrogen-bond donors (Lipinski definition) is 0. The van der Waals surface area contributed by atoms with Crippen molar-refractivity contribution >= 4 is 22.8 Å². The molecule has 0 fully saturated rings. The van der Waals surface area contributed by atoms with Crippen molar-refractivity contribution in [3.63, 3.8) is 0 Å². The van der Waals surface area contributed by atoms with Gasteiger partial charge in [-0.05, 0) is 19.1 Å². The van der Waals surface area contributed by atoms with Crippen molar-refractivity contribution in [2.75, 3.05) is 7.11 Å². The van der Waals surface area contributed by atoms with Crippen LogP contribution in [0.5, 0.6) is 0 Å². The van der Waals surface area contributed by atoms with E-state index in [1.807, 2.05) is 0 Å². The summed E-state index contributed by atoms with van der Waals surface area (Å²) in [6.07, 6.45) is 0. The molecule has 7 nitrogen and oxygen atoms in total. The highest BCUT2D eigenvalue weighted by Gasteiger charge is 2.24. The number of ketones is 1. The summed E-state index contributed by atoms with van der Waals surface area (Å²) >= 11 is 0. The highest BCUT2D eigenvalue weighted by Crippen LogP contribution is 2.16. The lowest BCUT2D eigenvalue weighted by atomic mass is 10.1. The van der Waals surface area contributed by atoms with Crippen LogP contribution in [0.25, 0.3) is 11.0 Å². The topological polar surface area (TPSA) is 94.3 Å². The first kappa shape index (κ1) is 13.7. The molecule has 0 N–H and O–H groups in total. The number of hydrogen-bond acceptors (Lipinski definition) is 5. The number of aromatic nitrogens is 2. The molecule has 104 valence electrons. The van der Waals surface area contributed by atoms with Gasteiger partial charge in [-0.15, -0.1) is 0 Å². The maximum absolute atomic E-state index is 12.2. The number of methoxy groups -OCH3 is 1. The molecule has 0 spiro atoms. The van der Waals surface area contributed by atoms with Gasteiger partial charge in [0.15, 0.2) is 0 Å². The largest absolute Gasteiger partial charge is 0.805 e. The van der Waals surface area contributed by atoms with Crippen molar-refractivity contribution in [2.45, 2.75) is 13.8 Å². The molecule has 0 unspecified atom stereocenters. The lowest BCUT2D eigenvalue weighted by Gasteiger charge is -2.15. The van der Waals surface area contributed by atoms with Gasteiger partial charge in [-0.2, -0.15) is 0 Å². The second-order valence-corrected chi connectivity index (χ2v) is 4.27. The molecule has 0 aliphatic rings. The van der Waals surface area contributed by atoms with Gasteiger partial charge in [0.25, 0.3) is 5.52 Å². The Kier molecular flexibility index (Phi) is 3.27. The molecule has 2 aromatic rings. The number of rotatable bonds is 2. The molecule has 0 radical (unpaired) electrons. The van der Waals surface area contributed by atoms with Gasteiger partial charge >= 0.3 is 11.7 Å². The van der Waals surface area contributed by atoms with Gasteiger partial charge in [-0.3, -0.25) is 4.79 Å². The number of Topliss-reactive ketones (excluding diaryl/α,β-unsaturated/α-hetero) is 1. The molecular formula is C13H12N2O5. The van der Waals surface area contributed by atoms with Crippen LogP contribution < -0.4 is 4.43 Å². The van der Waals surface area contributed by atoms with E-state index in [2.05, 4.69) is 4.74 Å². The number of nitrogens with zero attached hydrogens (tertiary/aromatic N) is 2. The van der Waals surface area contributed by atoms with Crippen LogP contribution in [0.15, 0.2) is 18.2 Å². The van der Waals surface area contributed by atoms with E-state index >= 15 is 0 Å². The van der Waals surface area contributed by atoms with E-state index in [9.17, 15) is 19.7 Å². The summed E-state index contributed by atoms with van der Waals surface area (Å²) < 4.78 is 5.43. The molecule has 0 bridgehead atoms. The Morgan fingerprint density at radius 1 is 1.35 bits per heavy atom. The second-order valence-electron chi connectivity index (χ2n) is 4.27. The van der Waals surface area contributed by atoms with Gasteiger partial charge in [0.2, 0.25) is 5.78 Å². The van der Waals surface area contributed by atoms with Crippen LogP contribution in [0.2, 0.25) is 0 Å². The molecule has 0 amide bonds. The first-order valence-electron chi connectivity index (χ1n) is 5.77. The summed E-state index contributed by atoms with van der Waals surface area (Å²) in [5, 5.41) is 12.1. The zero-order valence-electron chi connectivity index (χ0n) is 11.2. The summed E-state index contributed by atoms with van der Waals surface area (Å²) in [6.45, 7) is 2.60. The molecule has 0 saturated carbocycles. The lowest BCUT2D eigenvalue weighted by molar-refractivity contribution is -0.468. The zero-order valence-corrected chi connectivity index (χ0v) is 11.2. The summed E-state index contributed by atoms with van der Waals surface area (Å²) in [6, 6.07) is 3.96. The molecule has 0 aliphatic heterocycles. The SMILES string of the molecule is COC(=O)c1ccc2c(c1)[n+](=O)c(C(C)=O)c(C)n2[O-]. The molecule has 1 aromatic carbocycles. The van der Waals surface area contributed by atoms with Crippen LogP contribution in [0.4, 0.5) is 0 Å². The number of carbonyl (C=O) groups excluding carboxylic acids is 2. The van der Waals surface area contributed by atoms with E-state index in [1.165, 1.54) is 39.2 Å². The second kappa shape index (κ2) is 4.76. The van der Waals surface area contributed by atoms with Gasteiger partial charge in [0.05, 0.1) is 22.8 Å². The Labute approximate surface area is 113 Å². The Morgan fingerprint density at radius 2 is 2.00 bits per heavy atom. The molecule has 1 aromatic heterocycles. The average Bonchev–Trinajstić information content (AvgIpc) is 2.43. The molecular weight excluding hydrogens is 264 g/mol. The molecule has 0 saturated heterocycles. The fraction of sp³-hybridized carbons (Fsp3) is 0.231. The third-order valence-corrected chi connectivity index (χ3v) is 3.02. The number of benzene rings is 1. The van der Waals surface area contributed by atoms with E-state index < -0.39 is 11.8 Å². The van der Waals surface area contributed by atoms with Crippen LogP contribution in [0.1, 0.15) is 33.5 Å². The van der Waals surface area contributed by atoms with Crippen molar-refractivity contribution in [1.29, 1.82) is 0 Å². The Morgan fingerprint density at radius 3 is 2.55 bits per heavy atom. The summed E-state index contributed by atoms with van der Waals surface area (Å²) in [5.74, 6) is -1.15. The van der Waals surface area contributed by atoms with E-state index in [4.69, 9.17) is 0 Å². The highest BCUT2D eigenvalue weighted by molar-refractivity contribution is 5.95. The normalized spacial score (nSPS) is 10.6. The maximum Gasteiger partial charge on any atom is 0.338 e. The van der Waals surface area contributed by atoms with Gasteiger partial charge in [0, 0.05) is 17.9 Å². The molecule has 0 atom stereocenters. The van der Waals surface area contributed by atoms with Crippen LogP contribution in [0, 0.1) is 17.0 Å². The minimum absolute atomic E-state index is 0.0193. The number of carbonyl (C=O) groups is 2. The van der Waals surface area contributed by atoms with Crippen LogP contribution in [0.3, 0.4) is 0 Å². The maximum atomic E-state index is 12.2. The van der Waals surface area contributed by atoms with Crippen molar-refractivity contribution < 1.29 is 18.8 Å². The lowest BCUT2D eigenvalue weighted by Crippen LogP contribution is -2.29. The van der Waals surface area contributed by atoms with Crippen LogP contribution in [-0.2, 0) is 4.74 Å². The van der Waals surface area contributed by atoms with E-state index in [0.29, 0.717) is 9.16 Å². The highest BCUT2D eigenvalue weighted by atomic mass is 16.5. The monoisotopic (exact) mass is 276 g/mol. The third-order valence-electron chi connectivity index (χ3n) is 3.02. The molecule has 7 heteroatoms. The average molecular weight is 276 g/mol. The first-order valence-corrected chi connectivity index (χ1v) is 5.77. The fourth-order valence-electron chi connectivity index (χ4n) is 2.04. The summed E-state index contributed by atoms with van der Waals surface area (Å²) in [7, 11) is 1.21. The molecule has 2 rings (SSSR count). The van der Waals surface area contributed by atoms with E-state index in [-0.39, 0.29) is 28.0 Å². The van der Waals surface area contributed by atoms with Crippen LogP contribution >= 0.6 is 0 Å². The first-order chi connectivity index (χ1) is 9.38. The Bertz CT molecular complexity index is 791. The van der Waals surface area contributed by atoms with Crippen molar-refractivity contribution in [2.24, 2.45) is 0 Å². The quantitative estimate of drug-likeness (QED) is 0.466. The van der Waals surface area contributed by atoms with Crippen molar-refractivity contribution in [1.82, 2.24) is 4.73 Å². The fourth-order valence-corrected chi connectivity index (χ4v) is 2.04. The minimum atomic E-state index is -0.630. The molecule has 20 heavy (non-hydrogen) atoms. The summed E-state index contributed by atoms with van der Waals surface area (Å²) in [4.78, 5) is 35.1. The van der Waals surface area contributed by atoms with Crippen molar-refractivity contribution in [3.05, 3.63) is 45.3 Å². The number of ether oxygens (including phenoxy) is 1. The smallest absolute Gasteiger partial charge is 0.338 e. The zero-order chi connectivity index (χ0) is 15.0. The predicted octanol–water partition coefficient (Wildman–Crippen LogP) is 1.20. The van der Waals surface area contributed by atoms with E-state index in [0.717, 1.165) is 0 Å². The van der Waals surface area contributed by atoms with Gasteiger partial charge in [0.1, 0.15) is 5.52 Å². The van der Waals surface area contributed by atoms with Gasteiger partial charge in [-0.1, -0.05) is 0 Å². The van der Waals surface area contributed by atoms with Gasteiger partial charge < -0.3 is 14.7 Å². The summed E-state index contributed by atoms with van der Waals surface area (Å²) in [5.41, 5.74) is -0.0721.